The van der Waals surface area contributed by atoms with Crippen molar-refractivity contribution in [2.45, 2.75) is 25.8 Å². The Morgan fingerprint density at radius 2 is 2.06 bits per heavy atom. The van der Waals surface area contributed by atoms with Crippen LogP contribution in [0.2, 0.25) is 0 Å². The summed E-state index contributed by atoms with van der Waals surface area (Å²) in [5.74, 6) is -0.125. The van der Waals surface area contributed by atoms with Gasteiger partial charge in [0.05, 0.1) is 6.61 Å². The molecule has 1 atom stereocenters. The van der Waals surface area contributed by atoms with Gasteiger partial charge in [-0.15, -0.1) is 0 Å². The molecule has 3 N–H and O–H groups in total. The summed E-state index contributed by atoms with van der Waals surface area (Å²) >= 11 is 0. The standard InChI is InChI=1S/C12H17NO3/c1-2-16-10-6-3-9(4-7-10)5-8-11(13)12(14)15/h3-4,6-7,11H,2,5,8,13H2,1H3,(H,14,15)/t11-/m1/s1. The van der Waals surface area contributed by atoms with Gasteiger partial charge in [-0.25, -0.2) is 0 Å². The third-order valence-electron chi connectivity index (χ3n) is 2.30. The third-order valence-corrected chi connectivity index (χ3v) is 2.30. The second-order valence-corrected chi connectivity index (χ2v) is 3.56. The minimum Gasteiger partial charge on any atom is -0.494 e. The monoisotopic (exact) mass is 223 g/mol. The molecule has 0 aliphatic rings. The Labute approximate surface area is 95.0 Å². The first-order valence-electron chi connectivity index (χ1n) is 5.33. The summed E-state index contributed by atoms with van der Waals surface area (Å²) in [6, 6.07) is 6.83. The van der Waals surface area contributed by atoms with Gasteiger partial charge in [0.15, 0.2) is 0 Å². The zero-order chi connectivity index (χ0) is 12.0. The van der Waals surface area contributed by atoms with Crippen molar-refractivity contribution in [2.75, 3.05) is 6.61 Å². The van der Waals surface area contributed by atoms with Crippen molar-refractivity contribution >= 4 is 5.97 Å². The second-order valence-electron chi connectivity index (χ2n) is 3.56. The van der Waals surface area contributed by atoms with Crippen LogP contribution in [0.5, 0.6) is 5.75 Å². The summed E-state index contributed by atoms with van der Waals surface area (Å²) in [6.07, 6.45) is 1.11. The van der Waals surface area contributed by atoms with Gasteiger partial charge in [0.1, 0.15) is 11.8 Å². The summed E-state index contributed by atoms with van der Waals surface area (Å²) in [4.78, 5) is 10.5. The Morgan fingerprint density at radius 1 is 1.44 bits per heavy atom. The number of hydrogen-bond acceptors (Lipinski definition) is 3. The van der Waals surface area contributed by atoms with Gasteiger partial charge in [-0.3, -0.25) is 4.79 Å². The molecule has 0 aliphatic carbocycles. The number of carboxylic acids is 1. The van der Waals surface area contributed by atoms with E-state index in [1.54, 1.807) is 0 Å². The van der Waals surface area contributed by atoms with Gasteiger partial charge in [-0.1, -0.05) is 12.1 Å². The highest BCUT2D eigenvalue weighted by Gasteiger charge is 2.10. The fourth-order valence-electron chi connectivity index (χ4n) is 1.36. The number of carboxylic acid groups (broad SMARTS) is 1. The third kappa shape index (κ3) is 3.90. The minimum atomic E-state index is -0.953. The van der Waals surface area contributed by atoms with Crippen LogP contribution in [0.3, 0.4) is 0 Å². The van der Waals surface area contributed by atoms with Gasteiger partial charge >= 0.3 is 5.97 Å². The van der Waals surface area contributed by atoms with Crippen molar-refractivity contribution in [1.29, 1.82) is 0 Å². The van der Waals surface area contributed by atoms with E-state index in [4.69, 9.17) is 15.6 Å². The van der Waals surface area contributed by atoms with Crippen LogP contribution in [0.25, 0.3) is 0 Å². The predicted molar refractivity (Wildman–Crippen MR) is 61.5 cm³/mol. The van der Waals surface area contributed by atoms with Crippen molar-refractivity contribution in [3.63, 3.8) is 0 Å². The first-order chi connectivity index (χ1) is 7.63. The molecule has 88 valence electrons. The Bertz CT molecular complexity index is 335. The topological polar surface area (TPSA) is 72.5 Å². The number of carbonyl (C=O) groups is 1. The van der Waals surface area contributed by atoms with Crippen LogP contribution in [-0.4, -0.2) is 23.7 Å². The van der Waals surface area contributed by atoms with Gasteiger partial charge in [-0.2, -0.15) is 0 Å². The number of ether oxygens (including phenoxy) is 1. The van der Waals surface area contributed by atoms with Crippen molar-refractivity contribution in [1.82, 2.24) is 0 Å². The summed E-state index contributed by atoms with van der Waals surface area (Å²) < 4.78 is 5.31. The van der Waals surface area contributed by atoms with E-state index in [2.05, 4.69) is 0 Å². The van der Waals surface area contributed by atoms with Crippen LogP contribution in [-0.2, 0) is 11.2 Å². The average Bonchev–Trinajstić information content (AvgIpc) is 2.28. The highest BCUT2D eigenvalue weighted by atomic mass is 16.5. The molecule has 1 rings (SSSR count). The molecular formula is C12H17NO3. The molecule has 4 heteroatoms. The molecule has 0 aromatic heterocycles. The molecule has 0 saturated heterocycles. The molecule has 0 radical (unpaired) electrons. The molecule has 4 nitrogen and oxygen atoms in total. The maximum absolute atomic E-state index is 10.5. The second kappa shape index (κ2) is 6.12. The van der Waals surface area contributed by atoms with E-state index in [1.165, 1.54) is 0 Å². The molecule has 1 aromatic carbocycles. The smallest absolute Gasteiger partial charge is 0.320 e. The zero-order valence-electron chi connectivity index (χ0n) is 9.35. The van der Waals surface area contributed by atoms with Gasteiger partial charge < -0.3 is 15.6 Å². The van der Waals surface area contributed by atoms with Crippen molar-refractivity contribution in [3.8, 4) is 5.75 Å². The van der Waals surface area contributed by atoms with E-state index in [9.17, 15) is 4.79 Å². The molecule has 0 spiro atoms. The summed E-state index contributed by atoms with van der Waals surface area (Å²) in [5, 5.41) is 8.63. The van der Waals surface area contributed by atoms with Gasteiger partial charge in [-0.05, 0) is 37.5 Å². The first kappa shape index (κ1) is 12.5. The Kier molecular flexibility index (Phi) is 4.79. The van der Waals surface area contributed by atoms with E-state index in [1.807, 2.05) is 31.2 Å². The Hall–Kier alpha value is -1.55. The van der Waals surface area contributed by atoms with E-state index < -0.39 is 12.0 Å². The lowest BCUT2D eigenvalue weighted by atomic mass is 10.1. The van der Waals surface area contributed by atoms with E-state index >= 15 is 0 Å². The lowest BCUT2D eigenvalue weighted by Gasteiger charge is -2.07. The van der Waals surface area contributed by atoms with Crippen LogP contribution in [0.4, 0.5) is 0 Å². The highest BCUT2D eigenvalue weighted by Crippen LogP contribution is 2.13. The van der Waals surface area contributed by atoms with E-state index in [0.717, 1.165) is 11.3 Å². The van der Waals surface area contributed by atoms with Crippen LogP contribution >= 0.6 is 0 Å². The zero-order valence-corrected chi connectivity index (χ0v) is 9.35. The predicted octanol–water partition coefficient (Wildman–Crippen LogP) is 1.43. The molecular weight excluding hydrogens is 206 g/mol. The molecule has 0 heterocycles. The van der Waals surface area contributed by atoms with Crippen LogP contribution in [0, 0.1) is 0 Å². The van der Waals surface area contributed by atoms with Gasteiger partial charge in [0.25, 0.3) is 0 Å². The number of aliphatic carboxylic acids is 1. The normalized spacial score (nSPS) is 12.1. The van der Waals surface area contributed by atoms with Crippen molar-refractivity contribution in [3.05, 3.63) is 29.8 Å². The summed E-state index contributed by atoms with van der Waals surface area (Å²) in [5.41, 5.74) is 6.49. The largest absolute Gasteiger partial charge is 0.494 e. The molecule has 0 bridgehead atoms. The molecule has 0 saturated carbocycles. The number of nitrogens with two attached hydrogens (primary N) is 1. The quantitative estimate of drug-likeness (QED) is 0.765. The number of hydrogen-bond donors (Lipinski definition) is 2. The molecule has 0 fully saturated rings. The number of rotatable bonds is 6. The molecule has 0 amide bonds. The van der Waals surface area contributed by atoms with Gasteiger partial charge in [0, 0.05) is 0 Å². The lowest BCUT2D eigenvalue weighted by molar-refractivity contribution is -0.138. The maximum atomic E-state index is 10.5. The van der Waals surface area contributed by atoms with E-state index in [-0.39, 0.29) is 0 Å². The minimum absolute atomic E-state index is 0.448. The van der Waals surface area contributed by atoms with Gasteiger partial charge in [0.2, 0.25) is 0 Å². The maximum Gasteiger partial charge on any atom is 0.320 e. The molecule has 1 aromatic rings. The summed E-state index contributed by atoms with van der Waals surface area (Å²) in [7, 11) is 0. The Morgan fingerprint density at radius 3 is 2.56 bits per heavy atom. The highest BCUT2D eigenvalue weighted by molar-refractivity contribution is 5.73. The van der Waals surface area contributed by atoms with Crippen LogP contribution in [0.15, 0.2) is 24.3 Å². The molecule has 0 unspecified atom stereocenters. The van der Waals surface area contributed by atoms with Crippen LogP contribution in [0.1, 0.15) is 18.9 Å². The number of benzene rings is 1. The van der Waals surface area contributed by atoms with E-state index in [0.29, 0.717) is 19.4 Å². The Balaban J connectivity index is 2.46. The lowest BCUT2D eigenvalue weighted by Crippen LogP contribution is -2.30. The van der Waals surface area contributed by atoms with Crippen LogP contribution < -0.4 is 10.5 Å². The fourth-order valence-corrected chi connectivity index (χ4v) is 1.36. The number of aryl methyl sites for hydroxylation is 1. The summed E-state index contributed by atoms with van der Waals surface area (Å²) in [6.45, 7) is 2.57. The van der Waals surface area contributed by atoms with Crippen molar-refractivity contribution in [2.24, 2.45) is 5.73 Å². The molecule has 0 aliphatic heterocycles. The SMILES string of the molecule is CCOc1ccc(CC[C@@H](N)C(=O)O)cc1. The van der Waals surface area contributed by atoms with Crippen molar-refractivity contribution < 1.29 is 14.6 Å². The fraction of sp³-hybridized carbons (Fsp3) is 0.417. The molecule has 16 heavy (non-hydrogen) atoms. The average molecular weight is 223 g/mol. The first-order valence-corrected chi connectivity index (χ1v) is 5.33.